The topological polar surface area (TPSA) is 35.5 Å². The highest BCUT2D eigenvalue weighted by atomic mass is 16.7. The first-order valence-electron chi connectivity index (χ1n) is 3.32. The van der Waals surface area contributed by atoms with Crippen molar-refractivity contribution in [3.8, 4) is 12.3 Å². The van der Waals surface area contributed by atoms with Crippen molar-refractivity contribution < 1.29 is 14.3 Å². The van der Waals surface area contributed by atoms with Gasteiger partial charge in [0.1, 0.15) is 0 Å². The van der Waals surface area contributed by atoms with Crippen LogP contribution in [-0.4, -0.2) is 18.9 Å². The molecule has 0 aliphatic carbocycles. The Labute approximate surface area is 66.7 Å². The maximum atomic E-state index is 10.6. The van der Waals surface area contributed by atoms with E-state index in [0.29, 0.717) is 6.42 Å². The number of ether oxygens (including phenoxy) is 2. The van der Waals surface area contributed by atoms with E-state index in [-0.39, 0.29) is 0 Å². The molecule has 0 N–H and O–H groups in total. The van der Waals surface area contributed by atoms with Gasteiger partial charge in [-0.15, -0.1) is 6.42 Å². The van der Waals surface area contributed by atoms with Crippen molar-refractivity contribution in [1.82, 2.24) is 0 Å². The Bertz CT molecular complexity index is 180. The van der Waals surface area contributed by atoms with Gasteiger partial charge in [0.2, 0.25) is 0 Å². The summed E-state index contributed by atoms with van der Waals surface area (Å²) in [6, 6.07) is 0. The fourth-order valence-corrected chi connectivity index (χ4v) is 0.429. The van der Waals surface area contributed by atoms with Crippen molar-refractivity contribution in [2.24, 2.45) is 0 Å². The minimum atomic E-state index is -0.840. The second kappa shape index (κ2) is 3.87. The summed E-state index contributed by atoms with van der Waals surface area (Å²) >= 11 is 0. The molecule has 0 rings (SSSR count). The molecule has 0 aromatic rings. The van der Waals surface area contributed by atoms with Crippen molar-refractivity contribution in [3.63, 3.8) is 0 Å². The van der Waals surface area contributed by atoms with Gasteiger partial charge in [-0.05, 0) is 13.3 Å². The van der Waals surface area contributed by atoms with Crippen molar-refractivity contribution in [1.29, 1.82) is 0 Å². The number of hydrogen-bond donors (Lipinski definition) is 0. The van der Waals surface area contributed by atoms with Crippen molar-refractivity contribution in [2.45, 2.75) is 25.9 Å². The van der Waals surface area contributed by atoms with Crippen LogP contribution in [0.1, 0.15) is 20.3 Å². The Morgan fingerprint density at radius 3 is 2.55 bits per heavy atom. The van der Waals surface area contributed by atoms with Crippen molar-refractivity contribution >= 4 is 6.16 Å². The first-order valence-corrected chi connectivity index (χ1v) is 3.32. The van der Waals surface area contributed by atoms with Crippen LogP contribution in [0.15, 0.2) is 0 Å². The Balaban J connectivity index is 4.11. The van der Waals surface area contributed by atoms with Gasteiger partial charge in [-0.25, -0.2) is 4.79 Å². The average Bonchev–Trinajstić information content (AvgIpc) is 2.04. The van der Waals surface area contributed by atoms with E-state index < -0.39 is 11.8 Å². The van der Waals surface area contributed by atoms with Gasteiger partial charge in [0.25, 0.3) is 0 Å². The average molecular weight is 156 g/mol. The molecule has 0 amide bonds. The Morgan fingerprint density at radius 2 is 2.27 bits per heavy atom. The lowest BCUT2D eigenvalue weighted by Gasteiger charge is -2.20. The number of methoxy groups -OCH3 is 1. The molecule has 0 aromatic carbocycles. The smallest absolute Gasteiger partial charge is 0.438 e. The summed E-state index contributed by atoms with van der Waals surface area (Å²) in [5.41, 5.74) is -0.840. The molecular formula is C8H12O3. The molecule has 0 aromatic heterocycles. The standard InChI is InChI=1S/C8H12O3/c1-5-8(3,6-2)11-7(9)10-4/h1H,6H2,2-4H3/t8-/m1/s1. The van der Waals surface area contributed by atoms with Crippen LogP contribution in [0.2, 0.25) is 0 Å². The number of rotatable bonds is 2. The van der Waals surface area contributed by atoms with Gasteiger partial charge >= 0.3 is 6.16 Å². The van der Waals surface area contributed by atoms with Crippen LogP contribution in [0.4, 0.5) is 4.79 Å². The van der Waals surface area contributed by atoms with Crippen LogP contribution >= 0.6 is 0 Å². The molecule has 0 fully saturated rings. The van der Waals surface area contributed by atoms with Crippen molar-refractivity contribution in [2.75, 3.05) is 7.11 Å². The highest BCUT2D eigenvalue weighted by Gasteiger charge is 2.23. The molecule has 3 nitrogen and oxygen atoms in total. The molecule has 0 aliphatic rings. The van der Waals surface area contributed by atoms with Crippen LogP contribution in [-0.2, 0) is 9.47 Å². The molecule has 3 heteroatoms. The Kier molecular flexibility index (Phi) is 3.46. The highest BCUT2D eigenvalue weighted by molar-refractivity contribution is 5.60. The lowest BCUT2D eigenvalue weighted by molar-refractivity contribution is 0.0119. The molecule has 62 valence electrons. The van der Waals surface area contributed by atoms with Crippen LogP contribution in [0.25, 0.3) is 0 Å². The summed E-state index contributed by atoms with van der Waals surface area (Å²) in [6.07, 6.45) is 4.96. The van der Waals surface area contributed by atoms with Gasteiger partial charge in [-0.2, -0.15) is 0 Å². The van der Waals surface area contributed by atoms with E-state index in [1.165, 1.54) is 7.11 Å². The van der Waals surface area contributed by atoms with Gasteiger partial charge in [-0.1, -0.05) is 12.8 Å². The maximum Gasteiger partial charge on any atom is 0.509 e. The zero-order valence-electron chi connectivity index (χ0n) is 7.01. The zero-order chi connectivity index (χ0) is 8.91. The van der Waals surface area contributed by atoms with Gasteiger partial charge < -0.3 is 9.47 Å². The first kappa shape index (κ1) is 9.83. The van der Waals surface area contributed by atoms with Gasteiger partial charge in [0.05, 0.1) is 7.11 Å². The van der Waals surface area contributed by atoms with E-state index in [0.717, 1.165) is 0 Å². The van der Waals surface area contributed by atoms with E-state index in [1.54, 1.807) is 6.92 Å². The molecule has 0 radical (unpaired) electrons. The number of terminal acetylenes is 1. The minimum Gasteiger partial charge on any atom is -0.438 e. The van der Waals surface area contributed by atoms with Gasteiger partial charge in [-0.3, -0.25) is 0 Å². The molecule has 0 saturated heterocycles. The second-order valence-electron chi connectivity index (χ2n) is 2.28. The lowest BCUT2D eigenvalue weighted by atomic mass is 10.1. The third kappa shape index (κ3) is 2.94. The Morgan fingerprint density at radius 1 is 1.73 bits per heavy atom. The Hall–Kier alpha value is -1.17. The third-order valence-corrected chi connectivity index (χ3v) is 1.46. The fraction of sp³-hybridized carbons (Fsp3) is 0.625. The normalized spacial score (nSPS) is 14.4. The molecule has 0 aliphatic heterocycles. The van der Waals surface area contributed by atoms with Crippen LogP contribution in [0.5, 0.6) is 0 Å². The van der Waals surface area contributed by atoms with E-state index in [2.05, 4.69) is 10.7 Å². The van der Waals surface area contributed by atoms with Gasteiger partial charge in [0.15, 0.2) is 5.60 Å². The van der Waals surface area contributed by atoms with E-state index in [1.807, 2.05) is 6.92 Å². The predicted molar refractivity (Wildman–Crippen MR) is 41.0 cm³/mol. The van der Waals surface area contributed by atoms with Crippen LogP contribution in [0.3, 0.4) is 0 Å². The highest BCUT2D eigenvalue weighted by Crippen LogP contribution is 2.13. The first-order chi connectivity index (χ1) is 5.08. The molecule has 0 spiro atoms. The quantitative estimate of drug-likeness (QED) is 0.449. The van der Waals surface area contributed by atoms with Crippen LogP contribution in [0, 0.1) is 12.3 Å². The number of carbonyl (C=O) groups excluding carboxylic acids is 1. The van der Waals surface area contributed by atoms with Crippen molar-refractivity contribution in [3.05, 3.63) is 0 Å². The third-order valence-electron chi connectivity index (χ3n) is 1.46. The maximum absolute atomic E-state index is 10.6. The molecule has 11 heavy (non-hydrogen) atoms. The molecule has 0 heterocycles. The summed E-state index contributed by atoms with van der Waals surface area (Å²) in [7, 11) is 1.24. The summed E-state index contributed by atoms with van der Waals surface area (Å²) in [5, 5.41) is 0. The largest absolute Gasteiger partial charge is 0.509 e. The second-order valence-corrected chi connectivity index (χ2v) is 2.28. The number of hydrogen-bond acceptors (Lipinski definition) is 3. The van der Waals surface area contributed by atoms with Gasteiger partial charge in [0, 0.05) is 0 Å². The molecular weight excluding hydrogens is 144 g/mol. The summed E-state index contributed by atoms with van der Waals surface area (Å²) in [5.74, 6) is 2.37. The lowest BCUT2D eigenvalue weighted by Crippen LogP contribution is -2.28. The summed E-state index contributed by atoms with van der Waals surface area (Å²) in [6.45, 7) is 3.49. The minimum absolute atomic E-state index is 0.568. The summed E-state index contributed by atoms with van der Waals surface area (Å²) < 4.78 is 9.08. The van der Waals surface area contributed by atoms with E-state index >= 15 is 0 Å². The molecule has 0 saturated carbocycles. The molecule has 0 bridgehead atoms. The van der Waals surface area contributed by atoms with E-state index in [9.17, 15) is 4.79 Å². The van der Waals surface area contributed by atoms with E-state index in [4.69, 9.17) is 11.2 Å². The fourth-order valence-electron chi connectivity index (χ4n) is 0.429. The predicted octanol–water partition coefficient (Wildman–Crippen LogP) is 1.57. The summed E-state index contributed by atoms with van der Waals surface area (Å²) in [4.78, 5) is 10.6. The molecule has 1 atom stereocenters. The monoisotopic (exact) mass is 156 g/mol. The van der Waals surface area contributed by atoms with Crippen LogP contribution < -0.4 is 0 Å². The SMILES string of the molecule is C#C[C@](C)(CC)OC(=O)OC. The zero-order valence-corrected chi connectivity index (χ0v) is 7.01. The molecule has 0 unspecified atom stereocenters. The number of carbonyl (C=O) groups is 1.